The lowest BCUT2D eigenvalue weighted by molar-refractivity contribution is 0.538. The summed E-state index contributed by atoms with van der Waals surface area (Å²) >= 11 is 7.10. The van der Waals surface area contributed by atoms with Crippen LogP contribution in [0.5, 0.6) is 0 Å². The molecule has 1 aromatic carbocycles. The van der Waals surface area contributed by atoms with Gasteiger partial charge in [0, 0.05) is 16.0 Å². The molecule has 1 atom stereocenters. The Morgan fingerprint density at radius 2 is 2.05 bits per heavy atom. The molecule has 0 radical (unpaired) electrons. The smallest absolute Gasteiger partial charge is 0.129 e. The molecule has 0 aliphatic rings. The highest BCUT2D eigenvalue weighted by atomic mass is 35.5. The molecule has 2 rings (SSSR count). The number of nitrogens with one attached hydrogen (secondary N) is 1. The van der Waals surface area contributed by atoms with E-state index in [1.807, 2.05) is 0 Å². The number of benzene rings is 1. The lowest BCUT2D eigenvalue weighted by Gasteiger charge is -2.22. The van der Waals surface area contributed by atoms with Crippen molar-refractivity contribution in [3.63, 3.8) is 0 Å². The summed E-state index contributed by atoms with van der Waals surface area (Å²) in [5.74, 6) is -0.329. The van der Waals surface area contributed by atoms with Crippen LogP contribution < -0.4 is 5.32 Å². The van der Waals surface area contributed by atoms with Crippen LogP contribution in [0.2, 0.25) is 5.02 Å². The van der Waals surface area contributed by atoms with Crippen molar-refractivity contribution in [1.82, 2.24) is 14.9 Å². The van der Waals surface area contributed by atoms with E-state index >= 15 is 0 Å². The van der Waals surface area contributed by atoms with E-state index in [-0.39, 0.29) is 17.3 Å². The zero-order chi connectivity index (χ0) is 14.9. The molecule has 3 nitrogen and oxygen atoms in total. The predicted molar refractivity (Wildman–Crippen MR) is 80.9 cm³/mol. The zero-order valence-corrected chi connectivity index (χ0v) is 13.4. The van der Waals surface area contributed by atoms with Gasteiger partial charge in [0.25, 0.3) is 0 Å². The SMILES string of the molecule is CNC(c1ccc(Cl)cc1F)c1snnc1C(C)(C)C. The average molecular weight is 314 g/mol. The van der Waals surface area contributed by atoms with Gasteiger partial charge in [-0.3, -0.25) is 0 Å². The van der Waals surface area contributed by atoms with Crippen LogP contribution in [0.1, 0.15) is 42.9 Å². The minimum absolute atomic E-state index is 0.139. The second-order valence-corrected chi connectivity index (χ2v) is 6.85. The van der Waals surface area contributed by atoms with Gasteiger partial charge >= 0.3 is 0 Å². The standard InChI is InChI=1S/C14H17ClFN3S/c1-14(2,3)13-12(20-19-18-13)11(17-4)9-6-5-8(15)7-10(9)16/h5-7,11,17H,1-4H3. The van der Waals surface area contributed by atoms with Crippen molar-refractivity contribution >= 4 is 23.1 Å². The third-order valence-electron chi connectivity index (χ3n) is 3.05. The fourth-order valence-electron chi connectivity index (χ4n) is 2.07. The van der Waals surface area contributed by atoms with Crippen LogP contribution in [0, 0.1) is 5.82 Å². The van der Waals surface area contributed by atoms with Gasteiger partial charge in [-0.15, -0.1) is 5.10 Å². The Labute approximate surface area is 127 Å². The first kappa shape index (κ1) is 15.4. The molecule has 108 valence electrons. The second kappa shape index (κ2) is 5.76. The number of rotatable bonds is 3. The first-order valence-electron chi connectivity index (χ1n) is 6.29. The highest BCUT2D eigenvalue weighted by Gasteiger charge is 2.28. The molecular weight excluding hydrogens is 297 g/mol. The van der Waals surface area contributed by atoms with E-state index in [0.29, 0.717) is 10.6 Å². The molecule has 1 heterocycles. The molecule has 6 heteroatoms. The summed E-state index contributed by atoms with van der Waals surface area (Å²) in [6.07, 6.45) is 0. The van der Waals surface area contributed by atoms with Gasteiger partial charge in [0.15, 0.2) is 0 Å². The van der Waals surface area contributed by atoms with E-state index in [1.165, 1.54) is 17.6 Å². The maximum Gasteiger partial charge on any atom is 0.129 e. The lowest BCUT2D eigenvalue weighted by atomic mass is 9.89. The van der Waals surface area contributed by atoms with Gasteiger partial charge in [-0.25, -0.2) is 4.39 Å². The summed E-state index contributed by atoms with van der Waals surface area (Å²) in [5.41, 5.74) is 1.30. The third-order valence-corrected chi connectivity index (χ3v) is 4.07. The van der Waals surface area contributed by atoms with Gasteiger partial charge in [0.2, 0.25) is 0 Å². The lowest BCUT2D eigenvalue weighted by Crippen LogP contribution is -2.23. The quantitative estimate of drug-likeness (QED) is 0.932. The van der Waals surface area contributed by atoms with E-state index in [1.54, 1.807) is 19.2 Å². The Morgan fingerprint density at radius 3 is 2.60 bits per heavy atom. The van der Waals surface area contributed by atoms with Crippen molar-refractivity contribution in [1.29, 1.82) is 0 Å². The molecule has 0 amide bonds. The molecule has 0 bridgehead atoms. The van der Waals surface area contributed by atoms with Crippen molar-refractivity contribution < 1.29 is 4.39 Å². The van der Waals surface area contributed by atoms with Gasteiger partial charge in [0.1, 0.15) is 5.82 Å². The van der Waals surface area contributed by atoms with Crippen LogP contribution in [0.3, 0.4) is 0 Å². The molecule has 1 unspecified atom stereocenters. The first-order chi connectivity index (χ1) is 9.34. The first-order valence-corrected chi connectivity index (χ1v) is 7.44. The molecule has 0 fully saturated rings. The van der Waals surface area contributed by atoms with Crippen LogP contribution in [-0.4, -0.2) is 16.6 Å². The summed E-state index contributed by atoms with van der Waals surface area (Å²) in [5, 5.41) is 7.74. The van der Waals surface area contributed by atoms with Gasteiger partial charge < -0.3 is 5.32 Å². The van der Waals surface area contributed by atoms with E-state index < -0.39 is 0 Å². The van der Waals surface area contributed by atoms with Gasteiger partial charge in [0.05, 0.1) is 16.6 Å². The largest absolute Gasteiger partial charge is 0.308 e. The van der Waals surface area contributed by atoms with Crippen LogP contribution >= 0.6 is 23.1 Å². The van der Waals surface area contributed by atoms with E-state index in [0.717, 1.165) is 10.6 Å². The van der Waals surface area contributed by atoms with Crippen molar-refractivity contribution in [2.24, 2.45) is 0 Å². The Hall–Kier alpha value is -1.04. The number of nitrogens with zero attached hydrogens (tertiary/aromatic N) is 2. The molecule has 1 aromatic heterocycles. The fraction of sp³-hybridized carbons (Fsp3) is 0.429. The fourth-order valence-corrected chi connectivity index (χ4v) is 3.22. The zero-order valence-electron chi connectivity index (χ0n) is 11.9. The molecule has 0 aliphatic heterocycles. The molecule has 2 aromatic rings. The summed E-state index contributed by atoms with van der Waals surface area (Å²) in [7, 11) is 1.80. The Balaban J connectivity index is 2.51. The van der Waals surface area contributed by atoms with Crippen LogP contribution in [0.25, 0.3) is 0 Å². The maximum atomic E-state index is 14.1. The van der Waals surface area contributed by atoms with Crippen LogP contribution in [0.4, 0.5) is 4.39 Å². The van der Waals surface area contributed by atoms with Crippen LogP contribution in [0.15, 0.2) is 18.2 Å². The highest BCUT2D eigenvalue weighted by Crippen LogP contribution is 2.34. The number of halogens is 2. The Kier molecular flexibility index (Phi) is 4.42. The topological polar surface area (TPSA) is 37.8 Å². The van der Waals surface area contributed by atoms with Gasteiger partial charge in [-0.05, 0) is 30.7 Å². The van der Waals surface area contributed by atoms with Crippen molar-refractivity contribution in [3.05, 3.63) is 45.2 Å². The average Bonchev–Trinajstić information content (AvgIpc) is 2.81. The van der Waals surface area contributed by atoms with E-state index in [4.69, 9.17) is 11.6 Å². The van der Waals surface area contributed by atoms with Crippen molar-refractivity contribution in [2.45, 2.75) is 32.2 Å². The minimum atomic E-state index is -0.329. The molecule has 0 saturated heterocycles. The van der Waals surface area contributed by atoms with E-state index in [2.05, 4.69) is 35.7 Å². The van der Waals surface area contributed by atoms with Crippen molar-refractivity contribution in [2.75, 3.05) is 7.05 Å². The number of hydrogen-bond donors (Lipinski definition) is 1. The molecule has 0 saturated carbocycles. The number of hydrogen-bond acceptors (Lipinski definition) is 4. The number of aromatic nitrogens is 2. The molecule has 0 aliphatic carbocycles. The van der Waals surface area contributed by atoms with Gasteiger partial charge in [-0.2, -0.15) is 0 Å². The van der Waals surface area contributed by atoms with Crippen LogP contribution in [-0.2, 0) is 5.41 Å². The van der Waals surface area contributed by atoms with Crippen molar-refractivity contribution in [3.8, 4) is 0 Å². The van der Waals surface area contributed by atoms with E-state index in [9.17, 15) is 4.39 Å². The Morgan fingerprint density at radius 1 is 1.35 bits per heavy atom. The predicted octanol–water partition coefficient (Wildman–Crippen LogP) is 3.94. The Bertz CT molecular complexity index is 607. The summed E-state index contributed by atoms with van der Waals surface area (Å²) in [6, 6.07) is 4.44. The summed E-state index contributed by atoms with van der Waals surface area (Å²) in [6.45, 7) is 6.20. The second-order valence-electron chi connectivity index (χ2n) is 5.62. The monoisotopic (exact) mass is 313 g/mol. The highest BCUT2D eigenvalue weighted by molar-refractivity contribution is 7.05. The molecule has 1 N–H and O–H groups in total. The third kappa shape index (κ3) is 3.00. The molecule has 20 heavy (non-hydrogen) atoms. The summed E-state index contributed by atoms with van der Waals surface area (Å²) in [4.78, 5) is 0.932. The molecular formula is C14H17ClFN3S. The summed E-state index contributed by atoms with van der Waals surface area (Å²) < 4.78 is 18.2. The minimum Gasteiger partial charge on any atom is -0.308 e. The molecule has 0 spiro atoms. The maximum absolute atomic E-state index is 14.1. The normalized spacial score (nSPS) is 13.5. The van der Waals surface area contributed by atoms with Gasteiger partial charge in [-0.1, -0.05) is 42.9 Å².